The lowest BCUT2D eigenvalue weighted by Crippen LogP contribution is -2.37. The Morgan fingerprint density at radius 2 is 1.97 bits per heavy atom. The predicted molar refractivity (Wildman–Crippen MR) is 123 cm³/mol. The first-order chi connectivity index (χ1) is 15.7. The molecule has 1 fully saturated rings. The van der Waals surface area contributed by atoms with Crippen LogP contribution in [0.15, 0.2) is 47.6 Å². The minimum Gasteiger partial charge on any atom is -0.497 e. The number of aromatic nitrogens is 4. The van der Waals surface area contributed by atoms with Gasteiger partial charge in [-0.3, -0.25) is 4.90 Å². The SMILES string of the molecule is COc1ccc2c(c1)c1nnc(SCCN3CCOCC3)nc1n2Cc1ccccc1F. The third kappa shape index (κ3) is 4.28. The number of benzene rings is 2. The fourth-order valence-corrected chi connectivity index (χ4v) is 4.74. The highest BCUT2D eigenvalue weighted by molar-refractivity contribution is 7.99. The van der Waals surface area contributed by atoms with Crippen molar-refractivity contribution in [2.45, 2.75) is 11.7 Å². The van der Waals surface area contributed by atoms with Crippen LogP contribution in [-0.2, 0) is 11.3 Å². The van der Waals surface area contributed by atoms with Crippen molar-refractivity contribution >= 4 is 33.8 Å². The van der Waals surface area contributed by atoms with Crippen molar-refractivity contribution in [1.82, 2.24) is 24.6 Å². The Kier molecular flexibility index (Phi) is 6.20. The Morgan fingerprint density at radius 1 is 1.12 bits per heavy atom. The van der Waals surface area contributed by atoms with Gasteiger partial charge in [0.05, 0.1) is 32.4 Å². The summed E-state index contributed by atoms with van der Waals surface area (Å²) in [6.45, 7) is 4.79. The molecule has 0 spiro atoms. The molecule has 32 heavy (non-hydrogen) atoms. The second-order valence-electron chi connectivity index (χ2n) is 7.63. The quantitative estimate of drug-likeness (QED) is 0.396. The van der Waals surface area contributed by atoms with Crippen LogP contribution in [0.3, 0.4) is 0 Å². The van der Waals surface area contributed by atoms with Gasteiger partial charge in [0.1, 0.15) is 17.1 Å². The minimum absolute atomic E-state index is 0.238. The Labute approximate surface area is 189 Å². The normalized spacial score (nSPS) is 14.9. The van der Waals surface area contributed by atoms with Gasteiger partial charge in [0, 0.05) is 36.3 Å². The van der Waals surface area contributed by atoms with Crippen molar-refractivity contribution in [3.63, 3.8) is 0 Å². The van der Waals surface area contributed by atoms with Gasteiger partial charge in [-0.25, -0.2) is 9.37 Å². The Hall–Kier alpha value is -2.75. The van der Waals surface area contributed by atoms with Crippen molar-refractivity contribution in [3.05, 3.63) is 53.8 Å². The van der Waals surface area contributed by atoms with Crippen LogP contribution in [-0.4, -0.2) is 70.4 Å². The van der Waals surface area contributed by atoms with E-state index in [1.165, 1.54) is 6.07 Å². The highest BCUT2D eigenvalue weighted by Gasteiger charge is 2.18. The van der Waals surface area contributed by atoms with E-state index < -0.39 is 0 Å². The second-order valence-corrected chi connectivity index (χ2v) is 8.69. The van der Waals surface area contributed by atoms with Gasteiger partial charge in [-0.1, -0.05) is 30.0 Å². The standard InChI is InChI=1S/C23H24FN5O2S/c1-30-17-6-7-20-18(14-17)21-22(29(20)15-16-4-2-3-5-19(16)24)25-23(27-26-21)32-13-10-28-8-11-31-12-9-28/h2-7,14H,8-13,15H2,1H3. The van der Waals surface area contributed by atoms with Crippen molar-refractivity contribution < 1.29 is 13.9 Å². The molecule has 2 aromatic carbocycles. The summed E-state index contributed by atoms with van der Waals surface area (Å²) in [6, 6.07) is 12.6. The molecule has 0 saturated carbocycles. The van der Waals surface area contributed by atoms with E-state index in [0.717, 1.165) is 55.3 Å². The summed E-state index contributed by atoms with van der Waals surface area (Å²) in [5.41, 5.74) is 2.90. The third-order valence-corrected chi connectivity index (χ3v) is 6.50. The van der Waals surface area contributed by atoms with Gasteiger partial charge < -0.3 is 14.0 Å². The number of halogens is 1. The molecule has 1 aliphatic rings. The lowest BCUT2D eigenvalue weighted by Gasteiger charge is -2.26. The number of fused-ring (bicyclic) bond motifs is 3. The topological polar surface area (TPSA) is 65.3 Å². The van der Waals surface area contributed by atoms with E-state index in [0.29, 0.717) is 28.4 Å². The lowest BCUT2D eigenvalue weighted by molar-refractivity contribution is 0.0410. The largest absolute Gasteiger partial charge is 0.497 e. The predicted octanol–water partition coefficient (Wildman–Crippen LogP) is 3.60. The number of ether oxygens (including phenoxy) is 2. The fourth-order valence-electron chi connectivity index (χ4n) is 3.96. The third-order valence-electron chi connectivity index (χ3n) is 5.68. The van der Waals surface area contributed by atoms with Crippen LogP contribution in [0.5, 0.6) is 5.75 Å². The maximum Gasteiger partial charge on any atom is 0.211 e. The van der Waals surface area contributed by atoms with Gasteiger partial charge in [-0.05, 0) is 24.3 Å². The number of hydrogen-bond donors (Lipinski definition) is 0. The first kappa shape index (κ1) is 21.1. The van der Waals surface area contributed by atoms with Gasteiger partial charge in [-0.2, -0.15) is 0 Å². The summed E-state index contributed by atoms with van der Waals surface area (Å²) >= 11 is 1.59. The first-order valence-electron chi connectivity index (χ1n) is 10.6. The van der Waals surface area contributed by atoms with Gasteiger partial charge in [0.15, 0.2) is 5.65 Å². The smallest absolute Gasteiger partial charge is 0.211 e. The monoisotopic (exact) mass is 453 g/mol. The van der Waals surface area contributed by atoms with Crippen molar-refractivity contribution in [3.8, 4) is 5.75 Å². The van der Waals surface area contributed by atoms with Crippen LogP contribution >= 0.6 is 11.8 Å². The summed E-state index contributed by atoms with van der Waals surface area (Å²) in [7, 11) is 1.63. The van der Waals surface area contributed by atoms with Crippen molar-refractivity contribution in [2.24, 2.45) is 0 Å². The molecule has 166 valence electrons. The molecule has 1 aliphatic heterocycles. The fraction of sp³-hybridized carbons (Fsp3) is 0.348. The second kappa shape index (κ2) is 9.40. The molecule has 3 heterocycles. The molecule has 0 radical (unpaired) electrons. The zero-order valence-electron chi connectivity index (χ0n) is 17.8. The summed E-state index contributed by atoms with van der Waals surface area (Å²) in [5, 5.41) is 10.4. The van der Waals surface area contributed by atoms with E-state index in [-0.39, 0.29) is 5.82 Å². The number of hydrogen-bond acceptors (Lipinski definition) is 7. The van der Waals surface area contributed by atoms with Crippen LogP contribution in [0.1, 0.15) is 5.56 Å². The summed E-state index contributed by atoms with van der Waals surface area (Å²) in [5.74, 6) is 1.36. The van der Waals surface area contributed by atoms with E-state index in [1.807, 2.05) is 28.8 Å². The molecule has 1 saturated heterocycles. The van der Waals surface area contributed by atoms with E-state index in [4.69, 9.17) is 14.5 Å². The highest BCUT2D eigenvalue weighted by Crippen LogP contribution is 2.31. The maximum absolute atomic E-state index is 14.4. The molecule has 2 aromatic heterocycles. The van der Waals surface area contributed by atoms with Gasteiger partial charge in [-0.15, -0.1) is 10.2 Å². The lowest BCUT2D eigenvalue weighted by atomic mass is 10.2. The number of rotatable bonds is 7. The zero-order valence-corrected chi connectivity index (χ0v) is 18.6. The Morgan fingerprint density at radius 3 is 2.78 bits per heavy atom. The molecule has 7 nitrogen and oxygen atoms in total. The van der Waals surface area contributed by atoms with E-state index in [1.54, 1.807) is 31.0 Å². The van der Waals surface area contributed by atoms with Crippen LogP contribution < -0.4 is 4.74 Å². The molecule has 0 bridgehead atoms. The summed E-state index contributed by atoms with van der Waals surface area (Å²) in [6.07, 6.45) is 0. The van der Waals surface area contributed by atoms with Crippen LogP contribution in [0.2, 0.25) is 0 Å². The van der Waals surface area contributed by atoms with E-state index in [2.05, 4.69) is 15.1 Å². The van der Waals surface area contributed by atoms with Crippen LogP contribution in [0.25, 0.3) is 22.1 Å². The Bertz CT molecular complexity index is 1240. The molecule has 0 unspecified atom stereocenters. The Balaban J connectivity index is 1.49. The first-order valence-corrected chi connectivity index (χ1v) is 11.6. The zero-order chi connectivity index (χ0) is 21.9. The molecule has 9 heteroatoms. The van der Waals surface area contributed by atoms with Crippen LogP contribution in [0.4, 0.5) is 4.39 Å². The molecular weight excluding hydrogens is 429 g/mol. The minimum atomic E-state index is -0.238. The maximum atomic E-state index is 14.4. The number of thioether (sulfide) groups is 1. The summed E-state index contributed by atoms with van der Waals surface area (Å²) in [4.78, 5) is 7.20. The van der Waals surface area contributed by atoms with E-state index >= 15 is 0 Å². The molecule has 0 atom stereocenters. The molecule has 0 N–H and O–H groups in total. The average Bonchev–Trinajstić information content (AvgIpc) is 3.13. The summed E-state index contributed by atoms with van der Waals surface area (Å²) < 4.78 is 27.2. The number of nitrogens with zero attached hydrogens (tertiary/aromatic N) is 5. The van der Waals surface area contributed by atoms with E-state index in [9.17, 15) is 4.39 Å². The molecule has 0 amide bonds. The molecule has 0 aliphatic carbocycles. The van der Waals surface area contributed by atoms with Crippen molar-refractivity contribution in [2.75, 3.05) is 45.7 Å². The highest BCUT2D eigenvalue weighted by atomic mass is 32.2. The van der Waals surface area contributed by atoms with Crippen LogP contribution in [0, 0.1) is 5.82 Å². The average molecular weight is 454 g/mol. The number of morpholine rings is 1. The molecule has 4 aromatic rings. The van der Waals surface area contributed by atoms with Crippen molar-refractivity contribution in [1.29, 1.82) is 0 Å². The van der Waals surface area contributed by atoms with Gasteiger partial charge in [0.2, 0.25) is 5.16 Å². The van der Waals surface area contributed by atoms with Gasteiger partial charge >= 0.3 is 0 Å². The number of methoxy groups -OCH3 is 1. The van der Waals surface area contributed by atoms with Gasteiger partial charge in [0.25, 0.3) is 0 Å². The molecule has 5 rings (SSSR count). The molecular formula is C23H24FN5O2S.